The molecule has 4 aliphatic heterocycles. The summed E-state index contributed by atoms with van der Waals surface area (Å²) >= 11 is 0. The Labute approximate surface area is 117 Å². The van der Waals surface area contributed by atoms with Crippen LogP contribution in [0.15, 0.2) is 0 Å². The third kappa shape index (κ3) is 2.05. The van der Waals surface area contributed by atoms with Gasteiger partial charge in [0, 0.05) is 43.8 Å². The molecule has 4 fully saturated rings. The van der Waals surface area contributed by atoms with Crippen LogP contribution in [-0.2, 0) is 0 Å². The van der Waals surface area contributed by atoms with Gasteiger partial charge < -0.3 is 0 Å². The lowest BCUT2D eigenvalue weighted by atomic mass is 9.97. The Morgan fingerprint density at radius 2 is 1.68 bits per heavy atom. The monoisotopic (exact) mass is 263 g/mol. The SMILES string of the molecule is CCC1CN2CCCC2CN1C1CCN2CCCC12. The van der Waals surface area contributed by atoms with E-state index in [1.54, 1.807) is 0 Å². The second-order valence-electron chi connectivity index (χ2n) is 7.15. The van der Waals surface area contributed by atoms with E-state index in [2.05, 4.69) is 21.6 Å². The summed E-state index contributed by atoms with van der Waals surface area (Å²) in [6.45, 7) is 9.24. The van der Waals surface area contributed by atoms with Gasteiger partial charge in [-0.05, 0) is 51.6 Å². The summed E-state index contributed by atoms with van der Waals surface area (Å²) in [5.74, 6) is 0. The summed E-state index contributed by atoms with van der Waals surface area (Å²) in [5.41, 5.74) is 0. The molecule has 108 valence electrons. The summed E-state index contributed by atoms with van der Waals surface area (Å²) in [5, 5.41) is 0. The highest BCUT2D eigenvalue weighted by Crippen LogP contribution is 2.36. The fourth-order valence-corrected chi connectivity index (χ4v) is 5.32. The highest BCUT2D eigenvalue weighted by atomic mass is 15.4. The zero-order chi connectivity index (χ0) is 12.8. The topological polar surface area (TPSA) is 9.72 Å². The highest BCUT2D eigenvalue weighted by molar-refractivity contribution is 5.02. The van der Waals surface area contributed by atoms with Crippen LogP contribution in [-0.4, -0.2) is 71.6 Å². The first-order valence-electron chi connectivity index (χ1n) is 8.60. The van der Waals surface area contributed by atoms with Gasteiger partial charge in [-0.25, -0.2) is 0 Å². The van der Waals surface area contributed by atoms with Gasteiger partial charge in [-0.2, -0.15) is 0 Å². The van der Waals surface area contributed by atoms with E-state index in [9.17, 15) is 0 Å². The fraction of sp³-hybridized carbons (Fsp3) is 1.00. The Morgan fingerprint density at radius 1 is 0.842 bits per heavy atom. The van der Waals surface area contributed by atoms with E-state index in [1.165, 1.54) is 71.2 Å². The van der Waals surface area contributed by atoms with Crippen LogP contribution in [0.1, 0.15) is 45.4 Å². The van der Waals surface area contributed by atoms with Crippen molar-refractivity contribution in [2.75, 3.05) is 32.7 Å². The van der Waals surface area contributed by atoms with E-state index >= 15 is 0 Å². The molecule has 0 N–H and O–H groups in total. The summed E-state index contributed by atoms with van der Waals surface area (Å²) in [7, 11) is 0. The minimum Gasteiger partial charge on any atom is -0.299 e. The molecule has 0 aromatic carbocycles. The quantitative estimate of drug-likeness (QED) is 0.752. The number of rotatable bonds is 2. The van der Waals surface area contributed by atoms with Crippen molar-refractivity contribution in [3.63, 3.8) is 0 Å². The van der Waals surface area contributed by atoms with Gasteiger partial charge in [-0.15, -0.1) is 0 Å². The summed E-state index contributed by atoms with van der Waals surface area (Å²) < 4.78 is 0. The van der Waals surface area contributed by atoms with Gasteiger partial charge in [0.1, 0.15) is 0 Å². The smallest absolute Gasteiger partial charge is 0.0267 e. The molecule has 3 nitrogen and oxygen atoms in total. The van der Waals surface area contributed by atoms with Gasteiger partial charge in [0.2, 0.25) is 0 Å². The average Bonchev–Trinajstić information content (AvgIpc) is 3.12. The molecular weight excluding hydrogens is 234 g/mol. The number of piperazine rings is 1. The Kier molecular flexibility index (Phi) is 3.33. The molecule has 0 radical (unpaired) electrons. The van der Waals surface area contributed by atoms with E-state index in [1.807, 2.05) is 0 Å². The molecule has 4 unspecified atom stereocenters. The minimum absolute atomic E-state index is 0.833. The van der Waals surface area contributed by atoms with Gasteiger partial charge >= 0.3 is 0 Å². The maximum Gasteiger partial charge on any atom is 0.0267 e. The molecule has 4 aliphatic rings. The van der Waals surface area contributed by atoms with E-state index < -0.39 is 0 Å². The van der Waals surface area contributed by atoms with Crippen molar-refractivity contribution >= 4 is 0 Å². The summed E-state index contributed by atoms with van der Waals surface area (Å²) in [4.78, 5) is 8.51. The first kappa shape index (κ1) is 12.6. The van der Waals surface area contributed by atoms with Crippen molar-refractivity contribution in [3.05, 3.63) is 0 Å². The number of fused-ring (bicyclic) bond motifs is 2. The predicted molar refractivity (Wildman–Crippen MR) is 78.4 cm³/mol. The van der Waals surface area contributed by atoms with Crippen LogP contribution in [0.4, 0.5) is 0 Å². The zero-order valence-corrected chi connectivity index (χ0v) is 12.4. The molecule has 4 rings (SSSR count). The highest BCUT2D eigenvalue weighted by Gasteiger charge is 2.45. The van der Waals surface area contributed by atoms with Gasteiger partial charge in [-0.3, -0.25) is 14.7 Å². The third-order valence-corrected chi connectivity index (χ3v) is 6.30. The van der Waals surface area contributed by atoms with Crippen molar-refractivity contribution in [3.8, 4) is 0 Å². The van der Waals surface area contributed by atoms with Crippen LogP contribution in [0.3, 0.4) is 0 Å². The van der Waals surface area contributed by atoms with E-state index in [4.69, 9.17) is 0 Å². The second-order valence-corrected chi connectivity index (χ2v) is 7.15. The molecule has 4 atom stereocenters. The van der Waals surface area contributed by atoms with Gasteiger partial charge in [0.15, 0.2) is 0 Å². The van der Waals surface area contributed by atoms with E-state index in [0.717, 1.165) is 24.2 Å². The van der Waals surface area contributed by atoms with Gasteiger partial charge in [-0.1, -0.05) is 6.92 Å². The molecule has 0 bridgehead atoms. The number of hydrogen-bond acceptors (Lipinski definition) is 3. The molecule has 4 heterocycles. The summed E-state index contributed by atoms with van der Waals surface area (Å²) in [6.07, 6.45) is 8.58. The number of hydrogen-bond donors (Lipinski definition) is 0. The van der Waals surface area contributed by atoms with Crippen molar-refractivity contribution < 1.29 is 0 Å². The van der Waals surface area contributed by atoms with Crippen LogP contribution in [0.25, 0.3) is 0 Å². The van der Waals surface area contributed by atoms with E-state index in [0.29, 0.717) is 0 Å². The van der Waals surface area contributed by atoms with Crippen molar-refractivity contribution in [1.82, 2.24) is 14.7 Å². The lowest BCUT2D eigenvalue weighted by Crippen LogP contribution is -2.60. The molecule has 19 heavy (non-hydrogen) atoms. The lowest BCUT2D eigenvalue weighted by molar-refractivity contribution is 0.0103. The predicted octanol–water partition coefficient (Wildman–Crippen LogP) is 1.78. The Balaban J connectivity index is 1.52. The Bertz CT molecular complexity index is 332. The number of nitrogens with zero attached hydrogens (tertiary/aromatic N) is 3. The van der Waals surface area contributed by atoms with Gasteiger partial charge in [0.05, 0.1) is 0 Å². The van der Waals surface area contributed by atoms with Crippen LogP contribution >= 0.6 is 0 Å². The Hall–Kier alpha value is -0.120. The maximum atomic E-state index is 2.95. The van der Waals surface area contributed by atoms with Crippen LogP contribution in [0.5, 0.6) is 0 Å². The normalized spacial score (nSPS) is 44.7. The zero-order valence-electron chi connectivity index (χ0n) is 12.4. The molecule has 0 saturated carbocycles. The minimum atomic E-state index is 0.833. The molecular formula is C16H29N3. The molecule has 0 aromatic heterocycles. The Morgan fingerprint density at radius 3 is 2.58 bits per heavy atom. The van der Waals surface area contributed by atoms with Crippen molar-refractivity contribution in [2.24, 2.45) is 0 Å². The van der Waals surface area contributed by atoms with Gasteiger partial charge in [0.25, 0.3) is 0 Å². The third-order valence-electron chi connectivity index (χ3n) is 6.30. The van der Waals surface area contributed by atoms with Crippen LogP contribution in [0.2, 0.25) is 0 Å². The molecule has 0 amide bonds. The first-order valence-corrected chi connectivity index (χ1v) is 8.60. The second kappa shape index (κ2) is 5.01. The van der Waals surface area contributed by atoms with Crippen molar-refractivity contribution in [1.29, 1.82) is 0 Å². The summed E-state index contributed by atoms with van der Waals surface area (Å²) in [6, 6.07) is 3.51. The lowest BCUT2D eigenvalue weighted by Gasteiger charge is -2.47. The maximum absolute atomic E-state index is 2.95. The average molecular weight is 263 g/mol. The van der Waals surface area contributed by atoms with E-state index in [-0.39, 0.29) is 0 Å². The van der Waals surface area contributed by atoms with Crippen LogP contribution in [0, 0.1) is 0 Å². The largest absolute Gasteiger partial charge is 0.299 e. The molecule has 0 aromatic rings. The molecule has 4 saturated heterocycles. The molecule has 0 aliphatic carbocycles. The molecule has 0 spiro atoms. The van der Waals surface area contributed by atoms with Crippen molar-refractivity contribution in [2.45, 2.75) is 69.6 Å². The standard InChI is InChI=1S/C16H29N3/c1-2-13-11-18-9-3-5-14(18)12-19(13)16-7-10-17-8-4-6-15(16)17/h13-16H,2-12H2,1H3. The van der Waals surface area contributed by atoms with Crippen LogP contribution < -0.4 is 0 Å². The molecule has 3 heteroatoms. The fourth-order valence-electron chi connectivity index (χ4n) is 5.32. The first-order chi connectivity index (χ1) is 9.36.